The molecule has 5 heteroatoms. The summed E-state index contributed by atoms with van der Waals surface area (Å²) in [6.45, 7) is 8.22. The average molecular weight is 225 g/mol. The zero-order chi connectivity index (χ0) is 11.8. The van der Waals surface area contributed by atoms with Gasteiger partial charge in [0.25, 0.3) is 0 Å². The van der Waals surface area contributed by atoms with E-state index < -0.39 is 5.82 Å². The van der Waals surface area contributed by atoms with Crippen LogP contribution in [0.2, 0.25) is 0 Å². The van der Waals surface area contributed by atoms with Crippen LogP contribution >= 0.6 is 0 Å². The van der Waals surface area contributed by atoms with Gasteiger partial charge < -0.3 is 4.74 Å². The molecule has 0 aliphatic carbocycles. The summed E-state index contributed by atoms with van der Waals surface area (Å²) in [6, 6.07) is 0.250. The third-order valence-electron chi connectivity index (χ3n) is 2.67. The van der Waals surface area contributed by atoms with Gasteiger partial charge in [0.1, 0.15) is 6.10 Å². The summed E-state index contributed by atoms with van der Waals surface area (Å²) >= 11 is 0. The Kier molecular flexibility index (Phi) is 2.80. The Morgan fingerprint density at radius 3 is 2.38 bits per heavy atom. The molecule has 2 heterocycles. The molecule has 0 unspecified atom stereocenters. The smallest absolute Gasteiger partial charge is 0.316 e. The van der Waals surface area contributed by atoms with Crippen LogP contribution in [0.1, 0.15) is 20.8 Å². The van der Waals surface area contributed by atoms with Crippen molar-refractivity contribution in [3.8, 4) is 6.01 Å². The summed E-state index contributed by atoms with van der Waals surface area (Å²) in [5.41, 5.74) is 0.170. The van der Waals surface area contributed by atoms with E-state index in [9.17, 15) is 4.39 Å². The van der Waals surface area contributed by atoms with Gasteiger partial charge >= 0.3 is 6.01 Å². The molecule has 0 aromatic carbocycles. The fraction of sp³-hybridized carbons (Fsp3) is 0.636. The second kappa shape index (κ2) is 3.97. The molecular weight excluding hydrogens is 209 g/mol. The summed E-state index contributed by atoms with van der Waals surface area (Å²) in [6.07, 6.45) is 2.34. The Labute approximate surface area is 94.5 Å². The summed E-state index contributed by atoms with van der Waals surface area (Å²) in [5, 5.41) is 0. The molecule has 0 N–H and O–H groups in total. The molecular formula is C11H16FN3O. The van der Waals surface area contributed by atoms with Crippen LogP contribution in [0.3, 0.4) is 0 Å². The van der Waals surface area contributed by atoms with Crippen molar-refractivity contribution in [1.29, 1.82) is 0 Å². The van der Waals surface area contributed by atoms with E-state index in [0.717, 1.165) is 25.5 Å². The van der Waals surface area contributed by atoms with Gasteiger partial charge in [0.2, 0.25) is 0 Å². The first kappa shape index (κ1) is 11.3. The molecule has 1 aliphatic heterocycles. The predicted octanol–water partition coefficient (Wildman–Crippen LogP) is 1.48. The highest BCUT2D eigenvalue weighted by Crippen LogP contribution is 2.23. The van der Waals surface area contributed by atoms with E-state index in [-0.39, 0.29) is 17.7 Å². The highest BCUT2D eigenvalue weighted by molar-refractivity contribution is 4.99. The molecule has 2 rings (SSSR count). The first-order chi connectivity index (χ1) is 7.45. The highest BCUT2D eigenvalue weighted by atomic mass is 19.1. The third kappa shape index (κ3) is 2.47. The monoisotopic (exact) mass is 225 g/mol. The Hall–Kier alpha value is -1.23. The molecule has 1 aromatic heterocycles. The van der Waals surface area contributed by atoms with E-state index in [1.807, 2.05) is 0 Å². The minimum Gasteiger partial charge on any atom is -0.457 e. The molecule has 0 atom stereocenters. The molecule has 0 radical (unpaired) electrons. The zero-order valence-electron chi connectivity index (χ0n) is 9.77. The molecule has 0 amide bonds. The lowest BCUT2D eigenvalue weighted by atomic mass is 9.99. The second-order valence-corrected chi connectivity index (χ2v) is 5.00. The van der Waals surface area contributed by atoms with E-state index in [1.54, 1.807) is 0 Å². The first-order valence-electron chi connectivity index (χ1n) is 5.34. The van der Waals surface area contributed by atoms with Crippen LogP contribution < -0.4 is 4.74 Å². The van der Waals surface area contributed by atoms with Crippen LogP contribution in [0.5, 0.6) is 6.01 Å². The molecule has 1 aliphatic rings. The lowest BCUT2D eigenvalue weighted by molar-refractivity contribution is -0.0388. The maximum absolute atomic E-state index is 12.5. The van der Waals surface area contributed by atoms with Crippen LogP contribution in [-0.2, 0) is 0 Å². The van der Waals surface area contributed by atoms with Crippen molar-refractivity contribution < 1.29 is 9.13 Å². The fourth-order valence-electron chi connectivity index (χ4n) is 1.57. The second-order valence-electron chi connectivity index (χ2n) is 5.00. The van der Waals surface area contributed by atoms with Crippen molar-refractivity contribution in [3.63, 3.8) is 0 Å². The van der Waals surface area contributed by atoms with Crippen LogP contribution in [0, 0.1) is 5.82 Å². The van der Waals surface area contributed by atoms with E-state index in [1.165, 1.54) is 0 Å². The van der Waals surface area contributed by atoms with Gasteiger partial charge in [-0.1, -0.05) is 0 Å². The lowest BCUT2D eigenvalue weighted by Crippen LogP contribution is -2.60. The van der Waals surface area contributed by atoms with E-state index >= 15 is 0 Å². The Morgan fingerprint density at radius 2 is 1.88 bits per heavy atom. The topological polar surface area (TPSA) is 38.2 Å². The number of aromatic nitrogens is 2. The standard InChI is InChI=1S/C11H16FN3O/c1-11(2,3)15-6-9(7-15)16-10-13-4-8(12)5-14-10/h4-5,9H,6-7H2,1-3H3. The number of nitrogens with zero attached hydrogens (tertiary/aromatic N) is 3. The third-order valence-corrected chi connectivity index (χ3v) is 2.67. The molecule has 1 aromatic rings. The maximum atomic E-state index is 12.5. The SMILES string of the molecule is CC(C)(C)N1CC(Oc2ncc(F)cn2)C1. The van der Waals surface area contributed by atoms with Crippen molar-refractivity contribution >= 4 is 0 Å². The number of likely N-dealkylation sites (tertiary alicyclic amines) is 1. The van der Waals surface area contributed by atoms with Gasteiger partial charge in [0, 0.05) is 18.6 Å². The summed E-state index contributed by atoms with van der Waals surface area (Å²) < 4.78 is 18.0. The van der Waals surface area contributed by atoms with Crippen LogP contribution in [0.4, 0.5) is 4.39 Å². The molecule has 4 nitrogen and oxygen atoms in total. The van der Waals surface area contributed by atoms with E-state index in [0.29, 0.717) is 0 Å². The van der Waals surface area contributed by atoms with Crippen LogP contribution in [0.15, 0.2) is 12.4 Å². The number of ether oxygens (including phenoxy) is 1. The molecule has 0 saturated carbocycles. The highest BCUT2D eigenvalue weighted by Gasteiger charge is 2.36. The molecule has 16 heavy (non-hydrogen) atoms. The molecule has 0 spiro atoms. The molecule has 0 bridgehead atoms. The van der Waals surface area contributed by atoms with E-state index in [2.05, 4.69) is 35.6 Å². The van der Waals surface area contributed by atoms with Crippen molar-refractivity contribution in [1.82, 2.24) is 14.9 Å². The van der Waals surface area contributed by atoms with Gasteiger partial charge in [0.05, 0.1) is 12.4 Å². The Morgan fingerprint density at radius 1 is 1.31 bits per heavy atom. The lowest BCUT2D eigenvalue weighted by Gasteiger charge is -2.46. The van der Waals surface area contributed by atoms with Gasteiger partial charge in [-0.3, -0.25) is 4.90 Å². The molecule has 88 valence electrons. The van der Waals surface area contributed by atoms with Crippen LogP contribution in [0.25, 0.3) is 0 Å². The van der Waals surface area contributed by atoms with Gasteiger partial charge in [-0.25, -0.2) is 14.4 Å². The quantitative estimate of drug-likeness (QED) is 0.764. The normalized spacial score (nSPS) is 18.2. The minimum atomic E-state index is -0.447. The molecule has 1 fully saturated rings. The number of rotatable bonds is 2. The first-order valence-corrected chi connectivity index (χ1v) is 5.34. The number of hydrogen-bond donors (Lipinski definition) is 0. The van der Waals surface area contributed by atoms with E-state index in [4.69, 9.17) is 4.74 Å². The van der Waals surface area contributed by atoms with Crippen molar-refractivity contribution in [2.24, 2.45) is 0 Å². The predicted molar refractivity (Wildman–Crippen MR) is 57.7 cm³/mol. The Balaban J connectivity index is 1.84. The minimum absolute atomic E-state index is 0.115. The zero-order valence-corrected chi connectivity index (χ0v) is 9.77. The van der Waals surface area contributed by atoms with Gasteiger partial charge in [-0.15, -0.1) is 0 Å². The fourth-order valence-corrected chi connectivity index (χ4v) is 1.57. The van der Waals surface area contributed by atoms with Crippen molar-refractivity contribution in [2.45, 2.75) is 32.4 Å². The summed E-state index contributed by atoms with van der Waals surface area (Å²) in [7, 11) is 0. The maximum Gasteiger partial charge on any atom is 0.316 e. The van der Waals surface area contributed by atoms with Crippen molar-refractivity contribution in [3.05, 3.63) is 18.2 Å². The molecule has 1 saturated heterocycles. The number of halogens is 1. The van der Waals surface area contributed by atoms with Gasteiger partial charge in [0.15, 0.2) is 5.82 Å². The van der Waals surface area contributed by atoms with Gasteiger partial charge in [-0.2, -0.15) is 0 Å². The average Bonchev–Trinajstić information content (AvgIpc) is 2.11. The van der Waals surface area contributed by atoms with Crippen LogP contribution in [-0.4, -0.2) is 39.6 Å². The van der Waals surface area contributed by atoms with Gasteiger partial charge in [-0.05, 0) is 20.8 Å². The number of hydrogen-bond acceptors (Lipinski definition) is 4. The Bertz CT molecular complexity index is 354. The summed E-state index contributed by atoms with van der Waals surface area (Å²) in [4.78, 5) is 9.83. The van der Waals surface area contributed by atoms with Crippen molar-refractivity contribution in [2.75, 3.05) is 13.1 Å². The largest absolute Gasteiger partial charge is 0.457 e. The summed E-state index contributed by atoms with van der Waals surface area (Å²) in [5.74, 6) is -0.447.